The van der Waals surface area contributed by atoms with Gasteiger partial charge in [0.1, 0.15) is 35.1 Å². The largest absolute Gasteiger partial charge is 0.444 e. The second-order valence-electron chi connectivity index (χ2n) is 12.5. The molecular formula is C32H37F2N7O3. The standard InChI is InChI=1S/C32H37F2N7O3/c1-18(2)24-27(25(19(3)4)36-17-35-24)41-29-21(16-23(34)26(37-29)20-10-8-9-11-22(20)33)28(38-30(41)42)39-12-14-40(15-13-39)31(43)44-32(5,6)7/h8-11,16-19H,12-15H2,1-7H3. The lowest BCUT2D eigenvalue weighted by Gasteiger charge is -2.36. The van der Waals surface area contributed by atoms with E-state index in [-0.39, 0.29) is 39.9 Å². The van der Waals surface area contributed by atoms with Gasteiger partial charge >= 0.3 is 11.8 Å². The van der Waals surface area contributed by atoms with E-state index in [1.807, 2.05) is 32.6 Å². The van der Waals surface area contributed by atoms with Crippen LogP contribution in [0.15, 0.2) is 41.5 Å². The number of amides is 1. The second-order valence-corrected chi connectivity index (χ2v) is 12.5. The first-order chi connectivity index (χ1) is 20.8. The van der Waals surface area contributed by atoms with Crippen LogP contribution in [-0.2, 0) is 4.74 Å². The summed E-state index contributed by atoms with van der Waals surface area (Å²) in [6, 6.07) is 7.03. The molecule has 232 valence electrons. The minimum Gasteiger partial charge on any atom is -0.444 e. The van der Waals surface area contributed by atoms with Crippen molar-refractivity contribution in [2.24, 2.45) is 0 Å². The van der Waals surface area contributed by atoms with Gasteiger partial charge in [0.15, 0.2) is 5.65 Å². The third-order valence-corrected chi connectivity index (χ3v) is 7.36. The zero-order valence-corrected chi connectivity index (χ0v) is 26.1. The summed E-state index contributed by atoms with van der Waals surface area (Å²) in [5, 5.41) is 0.265. The molecule has 1 aliphatic rings. The van der Waals surface area contributed by atoms with E-state index in [0.29, 0.717) is 43.3 Å². The van der Waals surface area contributed by atoms with E-state index in [0.717, 1.165) is 0 Å². The number of rotatable bonds is 5. The molecule has 0 N–H and O–H groups in total. The molecule has 0 unspecified atom stereocenters. The summed E-state index contributed by atoms with van der Waals surface area (Å²) in [4.78, 5) is 48.2. The highest BCUT2D eigenvalue weighted by atomic mass is 19.1. The Morgan fingerprint density at radius 3 is 2.09 bits per heavy atom. The van der Waals surface area contributed by atoms with Gasteiger partial charge in [-0.25, -0.2) is 37.9 Å². The molecule has 44 heavy (non-hydrogen) atoms. The van der Waals surface area contributed by atoms with Crippen LogP contribution in [0, 0.1) is 11.6 Å². The number of nitrogens with zero attached hydrogens (tertiary/aromatic N) is 7. The van der Waals surface area contributed by atoms with Gasteiger partial charge in [0.05, 0.1) is 22.5 Å². The lowest BCUT2D eigenvalue weighted by Crippen LogP contribution is -2.50. The van der Waals surface area contributed by atoms with Gasteiger partial charge in [-0.1, -0.05) is 39.8 Å². The van der Waals surface area contributed by atoms with Gasteiger partial charge in [0.25, 0.3) is 0 Å². The highest BCUT2D eigenvalue weighted by molar-refractivity contribution is 5.90. The summed E-state index contributed by atoms with van der Waals surface area (Å²) in [5.41, 5.74) is 0.183. The molecule has 0 saturated carbocycles. The Morgan fingerprint density at radius 1 is 0.909 bits per heavy atom. The molecule has 10 nitrogen and oxygen atoms in total. The maximum Gasteiger partial charge on any atom is 0.410 e. The number of aromatic nitrogens is 5. The molecule has 1 amide bonds. The summed E-state index contributed by atoms with van der Waals surface area (Å²) in [5.74, 6) is -1.38. The van der Waals surface area contributed by atoms with Crippen LogP contribution in [-0.4, -0.2) is 67.3 Å². The van der Waals surface area contributed by atoms with E-state index in [4.69, 9.17) is 4.74 Å². The highest BCUT2D eigenvalue weighted by Gasteiger charge is 2.30. The van der Waals surface area contributed by atoms with Crippen molar-refractivity contribution in [2.75, 3.05) is 31.1 Å². The molecule has 0 spiro atoms. The third kappa shape index (κ3) is 5.97. The maximum atomic E-state index is 15.9. The predicted octanol–water partition coefficient (Wildman–Crippen LogP) is 5.82. The maximum absolute atomic E-state index is 15.9. The van der Waals surface area contributed by atoms with Crippen LogP contribution >= 0.6 is 0 Å². The Hall–Kier alpha value is -4.48. The number of hydrogen-bond donors (Lipinski definition) is 0. The lowest BCUT2D eigenvalue weighted by molar-refractivity contribution is 0.0240. The van der Waals surface area contributed by atoms with Crippen LogP contribution < -0.4 is 10.6 Å². The number of carbonyl (C=O) groups is 1. The molecule has 4 aromatic rings. The smallest absolute Gasteiger partial charge is 0.410 e. The van der Waals surface area contributed by atoms with Crippen LogP contribution in [0.3, 0.4) is 0 Å². The quantitative estimate of drug-likeness (QED) is 0.280. The first-order valence-corrected chi connectivity index (χ1v) is 14.7. The van der Waals surface area contributed by atoms with Gasteiger partial charge in [0.2, 0.25) is 0 Å². The molecule has 1 aromatic carbocycles. The highest BCUT2D eigenvalue weighted by Crippen LogP contribution is 2.34. The summed E-state index contributed by atoms with van der Waals surface area (Å²) < 4.78 is 37.6. The van der Waals surface area contributed by atoms with Crippen LogP contribution in [0.2, 0.25) is 0 Å². The van der Waals surface area contributed by atoms with Gasteiger partial charge < -0.3 is 14.5 Å². The van der Waals surface area contributed by atoms with Crippen molar-refractivity contribution < 1.29 is 18.3 Å². The van der Waals surface area contributed by atoms with Gasteiger partial charge in [-0.05, 0) is 50.8 Å². The third-order valence-electron chi connectivity index (χ3n) is 7.36. The van der Waals surface area contributed by atoms with Crippen molar-refractivity contribution in [1.29, 1.82) is 0 Å². The zero-order valence-electron chi connectivity index (χ0n) is 26.1. The number of hydrogen-bond acceptors (Lipinski definition) is 8. The van der Waals surface area contributed by atoms with Crippen molar-refractivity contribution in [3.05, 3.63) is 70.2 Å². The summed E-state index contributed by atoms with van der Waals surface area (Å²) in [6.07, 6.45) is 1.03. The Morgan fingerprint density at radius 2 is 1.52 bits per heavy atom. The van der Waals surface area contributed by atoms with Gasteiger partial charge in [0, 0.05) is 31.7 Å². The molecule has 1 aliphatic heterocycles. The van der Waals surface area contributed by atoms with Crippen molar-refractivity contribution in [2.45, 2.75) is 65.9 Å². The number of ether oxygens (including phenoxy) is 1. The summed E-state index contributed by atoms with van der Waals surface area (Å²) in [6.45, 7) is 14.5. The number of halogens is 2. The SMILES string of the molecule is CC(C)c1ncnc(C(C)C)c1-n1c(=O)nc(N2CCN(C(=O)OC(C)(C)C)CC2)c2cc(F)c(-c3ccccc3F)nc21. The molecule has 1 saturated heterocycles. The second kappa shape index (κ2) is 11.9. The number of piperazine rings is 1. The normalized spacial score (nSPS) is 14.2. The average Bonchev–Trinajstić information content (AvgIpc) is 2.96. The first kappa shape index (κ1) is 31.0. The first-order valence-electron chi connectivity index (χ1n) is 14.7. The van der Waals surface area contributed by atoms with Gasteiger partial charge in [-0.3, -0.25) is 0 Å². The fraction of sp³-hybridized carbons (Fsp3) is 0.438. The molecule has 3 aromatic heterocycles. The van der Waals surface area contributed by atoms with Crippen LogP contribution in [0.5, 0.6) is 0 Å². The van der Waals surface area contributed by atoms with Crippen molar-refractivity contribution >= 4 is 22.9 Å². The Kier molecular flexibility index (Phi) is 8.37. The molecule has 1 fully saturated rings. The predicted molar refractivity (Wildman–Crippen MR) is 164 cm³/mol. The number of pyridine rings is 1. The van der Waals surface area contributed by atoms with Gasteiger partial charge in [-0.2, -0.15) is 4.98 Å². The fourth-order valence-electron chi connectivity index (χ4n) is 5.30. The van der Waals surface area contributed by atoms with Crippen LogP contribution in [0.25, 0.3) is 28.0 Å². The van der Waals surface area contributed by atoms with Crippen molar-refractivity contribution in [3.8, 4) is 16.9 Å². The number of benzene rings is 1. The van der Waals surface area contributed by atoms with E-state index in [1.54, 1.807) is 31.7 Å². The number of carbonyl (C=O) groups excluding carboxylic acids is 1. The summed E-state index contributed by atoms with van der Waals surface area (Å²) in [7, 11) is 0. The minimum absolute atomic E-state index is 0.0345. The zero-order chi connectivity index (χ0) is 31.9. The van der Waals surface area contributed by atoms with E-state index in [9.17, 15) is 14.0 Å². The molecule has 0 aliphatic carbocycles. The number of fused-ring (bicyclic) bond motifs is 1. The molecular weight excluding hydrogens is 568 g/mol. The van der Waals surface area contributed by atoms with Crippen molar-refractivity contribution in [1.82, 2.24) is 29.4 Å². The Balaban J connectivity index is 1.73. The summed E-state index contributed by atoms with van der Waals surface area (Å²) >= 11 is 0. The van der Waals surface area contributed by atoms with E-state index < -0.39 is 29.0 Å². The molecule has 5 rings (SSSR count). The van der Waals surface area contributed by atoms with E-state index >= 15 is 4.39 Å². The van der Waals surface area contributed by atoms with Gasteiger partial charge in [-0.15, -0.1) is 0 Å². The molecule has 0 bridgehead atoms. The monoisotopic (exact) mass is 605 g/mol. The minimum atomic E-state index is -0.763. The van der Waals surface area contributed by atoms with Crippen molar-refractivity contribution in [3.63, 3.8) is 0 Å². The molecule has 0 radical (unpaired) electrons. The van der Waals surface area contributed by atoms with E-state index in [2.05, 4.69) is 19.9 Å². The fourth-order valence-corrected chi connectivity index (χ4v) is 5.30. The topological polar surface area (TPSA) is 106 Å². The van der Waals surface area contributed by atoms with Crippen LogP contribution in [0.1, 0.15) is 71.7 Å². The van der Waals surface area contributed by atoms with Crippen LogP contribution in [0.4, 0.5) is 19.4 Å². The Bertz CT molecular complexity index is 1750. The average molecular weight is 606 g/mol. The molecule has 4 heterocycles. The molecule has 0 atom stereocenters. The number of anilines is 1. The Labute approximate surface area is 254 Å². The lowest BCUT2D eigenvalue weighted by atomic mass is 10.0. The molecule has 12 heteroatoms. The van der Waals surface area contributed by atoms with E-state index in [1.165, 1.54) is 35.2 Å².